The fraction of sp³-hybridized carbons (Fsp3) is 0.125. The molecule has 0 atom stereocenters. The first-order valence-corrected chi connectivity index (χ1v) is 11.3. The first-order valence-electron chi connectivity index (χ1n) is 9.68. The average Bonchev–Trinajstić information content (AvgIpc) is 3.19. The molecule has 0 saturated heterocycles. The van der Waals surface area contributed by atoms with Crippen LogP contribution < -0.4 is 5.32 Å². The molecule has 0 saturated carbocycles. The Labute approximate surface area is 188 Å². The Bertz CT molecular complexity index is 1170. The number of anilines is 1. The SMILES string of the molecule is CCc1nc(-c2cccc(Br)c2)c(-c2ccnc(NC(=O)Cc3ccccc3)c2)s1. The molecule has 2 aromatic heterocycles. The molecular formula is C24H20BrN3OS. The number of hydrogen-bond acceptors (Lipinski definition) is 4. The lowest BCUT2D eigenvalue weighted by molar-refractivity contribution is -0.115. The van der Waals surface area contributed by atoms with Crippen LogP contribution in [0.2, 0.25) is 0 Å². The lowest BCUT2D eigenvalue weighted by Crippen LogP contribution is -2.15. The first kappa shape index (κ1) is 20.4. The third-order valence-corrected chi connectivity index (χ3v) is 6.31. The summed E-state index contributed by atoms with van der Waals surface area (Å²) >= 11 is 5.22. The molecule has 4 aromatic rings. The number of carbonyl (C=O) groups is 1. The smallest absolute Gasteiger partial charge is 0.229 e. The van der Waals surface area contributed by atoms with Gasteiger partial charge in [-0.3, -0.25) is 4.79 Å². The number of thiazole rings is 1. The van der Waals surface area contributed by atoms with E-state index in [9.17, 15) is 4.79 Å². The van der Waals surface area contributed by atoms with Gasteiger partial charge in [-0.1, -0.05) is 65.3 Å². The molecule has 1 amide bonds. The number of rotatable bonds is 6. The Morgan fingerprint density at radius 1 is 1.03 bits per heavy atom. The topological polar surface area (TPSA) is 54.9 Å². The lowest BCUT2D eigenvalue weighted by atomic mass is 10.1. The number of halogens is 1. The second kappa shape index (κ2) is 9.32. The Kier molecular flexibility index (Phi) is 6.35. The number of pyridine rings is 1. The minimum absolute atomic E-state index is 0.0865. The summed E-state index contributed by atoms with van der Waals surface area (Å²) in [7, 11) is 0. The van der Waals surface area contributed by atoms with Crippen molar-refractivity contribution < 1.29 is 4.79 Å². The lowest BCUT2D eigenvalue weighted by Gasteiger charge is -2.07. The quantitative estimate of drug-likeness (QED) is 0.350. The van der Waals surface area contributed by atoms with Gasteiger partial charge >= 0.3 is 0 Å². The van der Waals surface area contributed by atoms with Gasteiger partial charge in [-0.15, -0.1) is 11.3 Å². The largest absolute Gasteiger partial charge is 0.310 e. The normalized spacial score (nSPS) is 10.7. The fourth-order valence-electron chi connectivity index (χ4n) is 3.15. The number of aromatic nitrogens is 2. The number of aryl methyl sites for hydroxylation is 1. The van der Waals surface area contributed by atoms with Crippen LogP contribution >= 0.6 is 27.3 Å². The van der Waals surface area contributed by atoms with Crippen LogP contribution in [-0.4, -0.2) is 15.9 Å². The summed E-state index contributed by atoms with van der Waals surface area (Å²) in [6.07, 6.45) is 2.91. The summed E-state index contributed by atoms with van der Waals surface area (Å²) in [5, 5.41) is 3.99. The fourth-order valence-corrected chi connectivity index (χ4v) is 4.57. The maximum absolute atomic E-state index is 12.4. The van der Waals surface area contributed by atoms with E-state index in [0.717, 1.165) is 43.2 Å². The van der Waals surface area contributed by atoms with Gasteiger partial charge in [0, 0.05) is 16.2 Å². The summed E-state index contributed by atoms with van der Waals surface area (Å²) in [4.78, 5) is 22.7. The van der Waals surface area contributed by atoms with E-state index >= 15 is 0 Å². The van der Waals surface area contributed by atoms with E-state index < -0.39 is 0 Å². The minimum Gasteiger partial charge on any atom is -0.310 e. The van der Waals surface area contributed by atoms with Crippen molar-refractivity contribution in [3.8, 4) is 21.7 Å². The van der Waals surface area contributed by atoms with E-state index in [4.69, 9.17) is 4.98 Å². The molecule has 0 bridgehead atoms. The molecule has 4 nitrogen and oxygen atoms in total. The predicted molar refractivity (Wildman–Crippen MR) is 127 cm³/mol. The molecular weight excluding hydrogens is 458 g/mol. The van der Waals surface area contributed by atoms with Crippen LogP contribution in [0.5, 0.6) is 0 Å². The van der Waals surface area contributed by atoms with Crippen molar-refractivity contribution in [1.82, 2.24) is 9.97 Å². The molecule has 150 valence electrons. The Balaban J connectivity index is 1.62. The van der Waals surface area contributed by atoms with Crippen LogP contribution in [0.4, 0.5) is 5.82 Å². The highest BCUT2D eigenvalue weighted by molar-refractivity contribution is 9.10. The van der Waals surface area contributed by atoms with E-state index in [1.807, 2.05) is 54.6 Å². The summed E-state index contributed by atoms with van der Waals surface area (Å²) in [5.74, 6) is 0.455. The maximum Gasteiger partial charge on any atom is 0.229 e. The zero-order valence-corrected chi connectivity index (χ0v) is 18.8. The van der Waals surface area contributed by atoms with Crippen molar-refractivity contribution in [3.63, 3.8) is 0 Å². The highest BCUT2D eigenvalue weighted by Gasteiger charge is 2.16. The Hall–Kier alpha value is -2.83. The monoisotopic (exact) mass is 477 g/mol. The molecule has 0 unspecified atom stereocenters. The highest BCUT2D eigenvalue weighted by atomic mass is 79.9. The summed E-state index contributed by atoms with van der Waals surface area (Å²) in [6.45, 7) is 2.11. The summed E-state index contributed by atoms with van der Waals surface area (Å²) < 4.78 is 1.01. The van der Waals surface area contributed by atoms with Crippen LogP contribution in [0.1, 0.15) is 17.5 Å². The van der Waals surface area contributed by atoms with Crippen molar-refractivity contribution in [2.45, 2.75) is 19.8 Å². The van der Waals surface area contributed by atoms with Crippen molar-refractivity contribution >= 4 is 39.0 Å². The van der Waals surface area contributed by atoms with Gasteiger partial charge in [0.15, 0.2) is 0 Å². The molecule has 2 heterocycles. The van der Waals surface area contributed by atoms with Crippen molar-refractivity contribution in [2.24, 2.45) is 0 Å². The third kappa shape index (κ3) is 4.83. The molecule has 30 heavy (non-hydrogen) atoms. The minimum atomic E-state index is -0.0865. The second-order valence-corrected chi connectivity index (χ2v) is 8.79. The van der Waals surface area contributed by atoms with Gasteiger partial charge in [0.2, 0.25) is 5.91 Å². The van der Waals surface area contributed by atoms with Gasteiger partial charge < -0.3 is 5.32 Å². The van der Waals surface area contributed by atoms with Gasteiger partial charge in [-0.05, 0) is 41.8 Å². The van der Waals surface area contributed by atoms with E-state index in [-0.39, 0.29) is 5.91 Å². The molecule has 1 N–H and O–H groups in total. The zero-order valence-electron chi connectivity index (χ0n) is 16.4. The Morgan fingerprint density at radius 2 is 1.87 bits per heavy atom. The molecule has 6 heteroatoms. The van der Waals surface area contributed by atoms with Crippen LogP contribution in [-0.2, 0) is 17.6 Å². The molecule has 0 radical (unpaired) electrons. The van der Waals surface area contributed by atoms with E-state index in [1.54, 1.807) is 17.5 Å². The third-order valence-electron chi connectivity index (χ3n) is 4.57. The van der Waals surface area contributed by atoms with Gasteiger partial charge in [0.1, 0.15) is 5.82 Å². The summed E-state index contributed by atoms with van der Waals surface area (Å²) in [6, 6.07) is 21.7. The zero-order chi connectivity index (χ0) is 20.9. The molecule has 4 rings (SSSR count). The predicted octanol–water partition coefficient (Wildman–Crippen LogP) is 6.38. The molecule has 0 fully saturated rings. The van der Waals surface area contributed by atoms with Crippen LogP contribution in [0, 0.1) is 0 Å². The second-order valence-electron chi connectivity index (χ2n) is 6.79. The molecule has 0 spiro atoms. The molecule has 0 aliphatic heterocycles. The molecule has 0 aliphatic rings. The number of amides is 1. The van der Waals surface area contributed by atoms with Gasteiger partial charge in [0.25, 0.3) is 0 Å². The van der Waals surface area contributed by atoms with Crippen LogP contribution in [0.3, 0.4) is 0 Å². The van der Waals surface area contributed by atoms with Crippen molar-refractivity contribution in [2.75, 3.05) is 5.32 Å². The number of nitrogens with one attached hydrogen (secondary N) is 1. The van der Waals surface area contributed by atoms with E-state index in [0.29, 0.717) is 12.2 Å². The number of carbonyl (C=O) groups excluding carboxylic acids is 1. The summed E-state index contributed by atoms with van der Waals surface area (Å²) in [5.41, 5.74) is 3.97. The van der Waals surface area contributed by atoms with Gasteiger partial charge in [-0.2, -0.15) is 0 Å². The average molecular weight is 478 g/mol. The van der Waals surface area contributed by atoms with Crippen LogP contribution in [0.25, 0.3) is 21.7 Å². The van der Waals surface area contributed by atoms with Gasteiger partial charge in [0.05, 0.1) is 22.0 Å². The Morgan fingerprint density at radius 3 is 2.63 bits per heavy atom. The van der Waals surface area contributed by atoms with E-state index in [2.05, 4.69) is 45.3 Å². The van der Waals surface area contributed by atoms with E-state index in [1.165, 1.54) is 0 Å². The number of benzene rings is 2. The van der Waals surface area contributed by atoms with Crippen molar-refractivity contribution in [1.29, 1.82) is 0 Å². The molecule has 2 aromatic carbocycles. The highest BCUT2D eigenvalue weighted by Crippen LogP contribution is 2.38. The number of nitrogens with zero attached hydrogens (tertiary/aromatic N) is 2. The maximum atomic E-state index is 12.4. The molecule has 0 aliphatic carbocycles. The van der Waals surface area contributed by atoms with Crippen LogP contribution in [0.15, 0.2) is 77.4 Å². The number of hydrogen-bond donors (Lipinski definition) is 1. The van der Waals surface area contributed by atoms with Crippen molar-refractivity contribution in [3.05, 3.63) is 88.0 Å². The standard InChI is InChI=1S/C24H20BrN3OS/c1-2-22-28-23(17-9-6-10-19(25)14-17)24(30-22)18-11-12-26-20(15-18)27-21(29)13-16-7-4-3-5-8-16/h3-12,14-15H,2,13H2,1H3,(H,26,27,29). The first-order chi connectivity index (χ1) is 14.6. The van der Waals surface area contributed by atoms with Gasteiger partial charge in [-0.25, -0.2) is 9.97 Å².